The van der Waals surface area contributed by atoms with Crippen molar-refractivity contribution in [3.05, 3.63) is 48.0 Å². The third-order valence-electron chi connectivity index (χ3n) is 5.92. The van der Waals surface area contributed by atoms with Crippen LogP contribution in [0.5, 0.6) is 5.75 Å². The number of para-hydroxylation sites is 2. The molecule has 1 saturated heterocycles. The summed E-state index contributed by atoms with van der Waals surface area (Å²) in [6.07, 6.45) is 0. The van der Waals surface area contributed by atoms with Crippen molar-refractivity contribution < 1.29 is 14.3 Å². The molecule has 1 aliphatic rings. The number of nitrogens with one attached hydrogen (secondary N) is 2. The van der Waals surface area contributed by atoms with E-state index < -0.39 is 0 Å². The van der Waals surface area contributed by atoms with Crippen molar-refractivity contribution in [1.29, 1.82) is 0 Å². The number of amides is 3. The van der Waals surface area contributed by atoms with E-state index >= 15 is 0 Å². The normalized spacial score (nSPS) is 13.5. The van der Waals surface area contributed by atoms with Gasteiger partial charge in [-0.15, -0.1) is 0 Å². The van der Waals surface area contributed by atoms with E-state index in [1.54, 1.807) is 18.1 Å². The monoisotopic (exact) mass is 453 g/mol. The first-order chi connectivity index (χ1) is 16.0. The Bertz CT molecular complexity index is 953. The van der Waals surface area contributed by atoms with Crippen LogP contribution in [0.1, 0.15) is 31.1 Å². The van der Waals surface area contributed by atoms with Gasteiger partial charge in [-0.2, -0.15) is 0 Å². The summed E-state index contributed by atoms with van der Waals surface area (Å²) in [5.41, 5.74) is 3.19. The van der Waals surface area contributed by atoms with Gasteiger partial charge in [-0.05, 0) is 51.1 Å². The minimum absolute atomic E-state index is 0.0262. The van der Waals surface area contributed by atoms with E-state index in [-0.39, 0.29) is 11.9 Å². The van der Waals surface area contributed by atoms with Gasteiger partial charge in [-0.1, -0.05) is 12.1 Å². The van der Waals surface area contributed by atoms with Crippen molar-refractivity contribution in [2.45, 2.75) is 20.8 Å². The lowest BCUT2D eigenvalue weighted by Gasteiger charge is -2.38. The summed E-state index contributed by atoms with van der Waals surface area (Å²) in [7, 11) is 1.69. The van der Waals surface area contributed by atoms with Gasteiger partial charge in [0, 0.05) is 57.2 Å². The first-order valence-electron chi connectivity index (χ1n) is 11.6. The summed E-state index contributed by atoms with van der Waals surface area (Å²) >= 11 is 0. The molecule has 33 heavy (non-hydrogen) atoms. The molecule has 8 nitrogen and oxygen atoms in total. The Balaban J connectivity index is 1.84. The number of hydrogen-bond acceptors (Lipinski definition) is 5. The number of anilines is 3. The van der Waals surface area contributed by atoms with Crippen molar-refractivity contribution in [2.24, 2.45) is 0 Å². The van der Waals surface area contributed by atoms with Gasteiger partial charge < -0.3 is 30.1 Å². The Morgan fingerprint density at radius 3 is 2.18 bits per heavy atom. The van der Waals surface area contributed by atoms with Crippen LogP contribution in [0.25, 0.3) is 0 Å². The molecule has 1 heterocycles. The molecule has 8 heteroatoms. The fourth-order valence-electron chi connectivity index (χ4n) is 4.16. The van der Waals surface area contributed by atoms with Gasteiger partial charge in [0.05, 0.1) is 18.4 Å². The van der Waals surface area contributed by atoms with Crippen LogP contribution in [0.4, 0.5) is 21.9 Å². The fourth-order valence-corrected chi connectivity index (χ4v) is 4.16. The minimum Gasteiger partial charge on any atom is -0.495 e. The van der Waals surface area contributed by atoms with E-state index in [9.17, 15) is 9.59 Å². The molecule has 2 N–H and O–H groups in total. The second kappa shape index (κ2) is 11.4. The summed E-state index contributed by atoms with van der Waals surface area (Å²) in [6, 6.07) is 13.3. The molecule has 0 spiro atoms. The number of carbonyl (C=O) groups is 2. The molecule has 178 valence electrons. The molecule has 0 aliphatic carbocycles. The molecule has 0 bridgehead atoms. The molecule has 2 aromatic rings. The van der Waals surface area contributed by atoms with Gasteiger partial charge in [-0.25, -0.2) is 4.79 Å². The number of hydrogen-bond donors (Lipinski definition) is 2. The molecule has 1 aliphatic heterocycles. The average molecular weight is 454 g/mol. The van der Waals surface area contributed by atoms with Crippen LogP contribution in [-0.2, 0) is 0 Å². The third kappa shape index (κ3) is 5.69. The largest absolute Gasteiger partial charge is 0.495 e. The number of benzene rings is 2. The van der Waals surface area contributed by atoms with Crippen LogP contribution >= 0.6 is 0 Å². The first-order valence-corrected chi connectivity index (χ1v) is 11.6. The highest BCUT2D eigenvalue weighted by atomic mass is 16.5. The highest BCUT2D eigenvalue weighted by Crippen LogP contribution is 2.31. The Hall–Kier alpha value is -3.42. The molecular weight excluding hydrogens is 418 g/mol. The van der Waals surface area contributed by atoms with E-state index in [1.165, 1.54) is 0 Å². The highest BCUT2D eigenvalue weighted by molar-refractivity contribution is 6.02. The summed E-state index contributed by atoms with van der Waals surface area (Å²) in [4.78, 5) is 31.7. The zero-order valence-electron chi connectivity index (χ0n) is 20.1. The van der Waals surface area contributed by atoms with Crippen LogP contribution in [0.2, 0.25) is 0 Å². The van der Waals surface area contributed by atoms with Crippen LogP contribution in [0, 0.1) is 0 Å². The molecule has 0 atom stereocenters. The van der Waals surface area contributed by atoms with Gasteiger partial charge in [0.15, 0.2) is 0 Å². The van der Waals surface area contributed by atoms with Gasteiger partial charge >= 0.3 is 6.03 Å². The molecule has 0 saturated carbocycles. The number of methoxy groups -OCH3 is 1. The maximum Gasteiger partial charge on any atom is 0.319 e. The van der Waals surface area contributed by atoms with Gasteiger partial charge in [0.2, 0.25) is 0 Å². The van der Waals surface area contributed by atoms with Crippen molar-refractivity contribution in [3.8, 4) is 5.75 Å². The zero-order valence-corrected chi connectivity index (χ0v) is 20.1. The van der Waals surface area contributed by atoms with Gasteiger partial charge in [0.25, 0.3) is 5.91 Å². The van der Waals surface area contributed by atoms with Crippen LogP contribution < -0.4 is 25.2 Å². The predicted octanol–water partition coefficient (Wildman–Crippen LogP) is 3.65. The highest BCUT2D eigenvalue weighted by Gasteiger charge is 2.25. The molecule has 0 unspecified atom stereocenters. The van der Waals surface area contributed by atoms with E-state index in [2.05, 4.69) is 26.5 Å². The standard InChI is InChI=1S/C25H35N5O3/c1-5-26-25(32)27-19-12-13-21(20(18-19)24(31)28(6-2)7-3)29-14-16-30(17-15-29)22-10-8-9-11-23(22)33-4/h8-13,18H,5-7,14-17H2,1-4H3,(H2,26,27,32). The molecular formula is C25H35N5O3. The lowest BCUT2D eigenvalue weighted by molar-refractivity contribution is 0.0773. The lowest BCUT2D eigenvalue weighted by Crippen LogP contribution is -2.47. The number of rotatable bonds is 8. The topological polar surface area (TPSA) is 77.1 Å². The van der Waals surface area contributed by atoms with E-state index in [0.717, 1.165) is 43.3 Å². The SMILES string of the molecule is CCNC(=O)Nc1ccc(N2CCN(c3ccccc3OC)CC2)c(C(=O)N(CC)CC)c1. The molecule has 1 fully saturated rings. The van der Waals surface area contributed by atoms with Gasteiger partial charge in [0.1, 0.15) is 5.75 Å². The second-order valence-corrected chi connectivity index (χ2v) is 7.84. The Morgan fingerprint density at radius 1 is 0.939 bits per heavy atom. The zero-order chi connectivity index (χ0) is 23.8. The third-order valence-corrected chi connectivity index (χ3v) is 5.92. The van der Waals surface area contributed by atoms with E-state index in [1.807, 2.05) is 51.1 Å². The van der Waals surface area contributed by atoms with Crippen LogP contribution in [0.15, 0.2) is 42.5 Å². The average Bonchev–Trinajstić information content (AvgIpc) is 2.85. The maximum atomic E-state index is 13.3. The second-order valence-electron chi connectivity index (χ2n) is 7.84. The molecule has 3 amide bonds. The molecule has 2 aromatic carbocycles. The lowest BCUT2D eigenvalue weighted by atomic mass is 10.1. The van der Waals surface area contributed by atoms with Crippen molar-refractivity contribution in [1.82, 2.24) is 10.2 Å². The Labute approximate surface area is 196 Å². The van der Waals surface area contributed by atoms with Crippen molar-refractivity contribution in [2.75, 3.05) is 68.0 Å². The summed E-state index contributed by atoms with van der Waals surface area (Å²) in [5.74, 6) is 0.839. The minimum atomic E-state index is -0.281. The quantitative estimate of drug-likeness (QED) is 0.638. The van der Waals surface area contributed by atoms with Crippen molar-refractivity contribution >= 4 is 29.0 Å². The van der Waals surface area contributed by atoms with Gasteiger partial charge in [-0.3, -0.25) is 4.79 Å². The Morgan fingerprint density at radius 2 is 1.58 bits per heavy atom. The molecule has 0 aromatic heterocycles. The predicted molar refractivity (Wildman–Crippen MR) is 134 cm³/mol. The number of piperazine rings is 1. The fraction of sp³-hybridized carbons (Fsp3) is 0.440. The summed E-state index contributed by atoms with van der Waals surface area (Å²) in [5, 5.41) is 5.55. The molecule has 0 radical (unpaired) electrons. The summed E-state index contributed by atoms with van der Waals surface area (Å²) in [6.45, 7) is 10.8. The molecule has 3 rings (SSSR count). The number of urea groups is 1. The smallest absolute Gasteiger partial charge is 0.319 e. The summed E-state index contributed by atoms with van der Waals surface area (Å²) < 4.78 is 5.53. The van der Waals surface area contributed by atoms with E-state index in [4.69, 9.17) is 4.74 Å². The number of ether oxygens (including phenoxy) is 1. The number of carbonyl (C=O) groups excluding carboxylic acids is 2. The van der Waals surface area contributed by atoms with Crippen LogP contribution in [0.3, 0.4) is 0 Å². The Kier molecular flexibility index (Phi) is 8.40. The maximum absolute atomic E-state index is 13.3. The first kappa shape index (κ1) is 24.2. The number of nitrogens with zero attached hydrogens (tertiary/aromatic N) is 3. The van der Waals surface area contributed by atoms with E-state index in [0.29, 0.717) is 30.9 Å². The van der Waals surface area contributed by atoms with Crippen LogP contribution in [-0.4, -0.2) is 69.8 Å². The van der Waals surface area contributed by atoms with Crippen molar-refractivity contribution in [3.63, 3.8) is 0 Å².